The van der Waals surface area contributed by atoms with Gasteiger partial charge in [0.2, 0.25) is 5.91 Å². The van der Waals surface area contributed by atoms with Gasteiger partial charge < -0.3 is 5.32 Å². The number of hydrogen-bond acceptors (Lipinski definition) is 3. The van der Waals surface area contributed by atoms with Crippen LogP contribution in [-0.2, 0) is 14.9 Å². The van der Waals surface area contributed by atoms with Crippen molar-refractivity contribution < 1.29 is 17.8 Å². The van der Waals surface area contributed by atoms with Crippen LogP contribution in [0.15, 0.2) is 0 Å². The summed E-state index contributed by atoms with van der Waals surface area (Å²) in [5.41, 5.74) is 0. The van der Waals surface area contributed by atoms with E-state index in [2.05, 4.69) is 12.2 Å². The van der Waals surface area contributed by atoms with E-state index in [1.807, 2.05) is 0 Å². The van der Waals surface area contributed by atoms with Gasteiger partial charge in [0.05, 0.1) is 4.75 Å². The minimum atomic E-state index is -4.07. The molecule has 1 unspecified atom stereocenters. The number of carbonyl (C=O) groups is 1. The van der Waals surface area contributed by atoms with Crippen LogP contribution in [0.1, 0.15) is 143 Å². The molecule has 0 aliphatic rings. The number of rotatable bonds is 22. The molecule has 0 aliphatic carbocycles. The largest absolute Gasteiger partial charge is 0.356 e. The third kappa shape index (κ3) is 16.6. The number of hydrogen-bond donors (Lipinski definition) is 2. The second-order valence-electron chi connectivity index (χ2n) is 9.43. The van der Waals surface area contributed by atoms with Gasteiger partial charge in [0.1, 0.15) is 0 Å². The molecule has 0 radical (unpaired) electrons. The lowest BCUT2D eigenvalue weighted by molar-refractivity contribution is -0.121. The van der Waals surface area contributed by atoms with Crippen LogP contribution in [-0.4, -0.2) is 30.2 Å². The maximum absolute atomic E-state index is 11.9. The zero-order chi connectivity index (χ0) is 23.4. The minimum absolute atomic E-state index is 0.0414. The van der Waals surface area contributed by atoms with E-state index in [1.54, 1.807) is 13.8 Å². The van der Waals surface area contributed by atoms with Crippen LogP contribution in [0.3, 0.4) is 0 Å². The first kappa shape index (κ1) is 30.4. The molecule has 0 aliphatic heterocycles. The molecule has 0 saturated carbocycles. The van der Waals surface area contributed by atoms with Gasteiger partial charge in [-0.25, -0.2) is 0 Å². The Bertz CT molecular complexity index is 536. The Kier molecular flexibility index (Phi) is 18.5. The highest BCUT2D eigenvalue weighted by molar-refractivity contribution is 7.87. The quantitative estimate of drug-likeness (QED) is 0.132. The summed E-state index contributed by atoms with van der Waals surface area (Å²) in [6.45, 7) is 6.03. The van der Waals surface area contributed by atoms with E-state index in [0.717, 1.165) is 12.8 Å². The Balaban J connectivity index is 3.44. The van der Waals surface area contributed by atoms with Gasteiger partial charge in [0.25, 0.3) is 10.1 Å². The standard InChI is InChI=1S/C25H51NO4S/c1-4-6-7-8-9-10-11-12-13-14-15-16-17-18-19-21-24(27)26-23-20-22-25(3,5-2)31(28,29)30/h4-23H2,1-3H3,(H,26,27)(H,28,29,30). The predicted octanol–water partition coefficient (Wildman–Crippen LogP) is 7.20. The zero-order valence-corrected chi connectivity index (χ0v) is 21.5. The summed E-state index contributed by atoms with van der Waals surface area (Å²) in [4.78, 5) is 11.9. The average Bonchev–Trinajstić information content (AvgIpc) is 2.73. The van der Waals surface area contributed by atoms with Crippen LogP contribution in [0.4, 0.5) is 0 Å². The molecule has 186 valence electrons. The summed E-state index contributed by atoms with van der Waals surface area (Å²) in [6, 6.07) is 0. The van der Waals surface area contributed by atoms with Gasteiger partial charge in [-0.15, -0.1) is 0 Å². The van der Waals surface area contributed by atoms with Crippen LogP contribution in [0.5, 0.6) is 0 Å². The lowest BCUT2D eigenvalue weighted by Gasteiger charge is -2.24. The molecule has 5 nitrogen and oxygen atoms in total. The normalized spacial score (nSPS) is 13.8. The van der Waals surface area contributed by atoms with Crippen molar-refractivity contribution >= 4 is 16.0 Å². The summed E-state index contributed by atoms with van der Waals surface area (Å²) in [5.74, 6) is 0.0414. The van der Waals surface area contributed by atoms with Gasteiger partial charge in [-0.1, -0.05) is 104 Å². The highest BCUT2D eigenvalue weighted by Gasteiger charge is 2.35. The first-order valence-corrected chi connectivity index (χ1v) is 14.4. The number of nitrogens with one attached hydrogen (secondary N) is 1. The Morgan fingerprint density at radius 3 is 1.55 bits per heavy atom. The minimum Gasteiger partial charge on any atom is -0.356 e. The highest BCUT2D eigenvalue weighted by atomic mass is 32.2. The molecule has 1 amide bonds. The topological polar surface area (TPSA) is 83.5 Å². The second-order valence-corrected chi connectivity index (χ2v) is 11.4. The molecule has 0 aromatic carbocycles. The van der Waals surface area contributed by atoms with Gasteiger partial charge in [-0.3, -0.25) is 9.35 Å². The van der Waals surface area contributed by atoms with Crippen molar-refractivity contribution in [3.05, 3.63) is 0 Å². The SMILES string of the molecule is CCCCCCCCCCCCCCCCCC(=O)NCCCC(C)(CC)S(=O)(=O)O. The summed E-state index contributed by atoms with van der Waals surface area (Å²) < 4.78 is 31.1. The average molecular weight is 462 g/mol. The first-order chi connectivity index (χ1) is 14.8. The zero-order valence-electron chi connectivity index (χ0n) is 20.7. The van der Waals surface area contributed by atoms with Gasteiger partial charge >= 0.3 is 0 Å². The van der Waals surface area contributed by atoms with Gasteiger partial charge in [0, 0.05) is 13.0 Å². The Labute approximate surface area is 193 Å². The lowest BCUT2D eigenvalue weighted by atomic mass is 10.0. The first-order valence-electron chi connectivity index (χ1n) is 13.0. The molecule has 31 heavy (non-hydrogen) atoms. The molecule has 6 heteroatoms. The van der Waals surface area contributed by atoms with Crippen LogP contribution >= 0.6 is 0 Å². The van der Waals surface area contributed by atoms with Crippen LogP contribution < -0.4 is 5.32 Å². The van der Waals surface area contributed by atoms with Crippen molar-refractivity contribution in [2.24, 2.45) is 0 Å². The molecular weight excluding hydrogens is 410 g/mol. The van der Waals surface area contributed by atoms with Crippen LogP contribution in [0, 0.1) is 0 Å². The van der Waals surface area contributed by atoms with Crippen LogP contribution in [0.2, 0.25) is 0 Å². The van der Waals surface area contributed by atoms with E-state index in [9.17, 15) is 17.8 Å². The van der Waals surface area contributed by atoms with E-state index in [0.29, 0.717) is 32.2 Å². The fraction of sp³-hybridized carbons (Fsp3) is 0.960. The van der Waals surface area contributed by atoms with Gasteiger partial charge in [-0.2, -0.15) is 8.42 Å². The van der Waals surface area contributed by atoms with Gasteiger partial charge in [-0.05, 0) is 32.6 Å². The maximum Gasteiger partial charge on any atom is 0.270 e. The van der Waals surface area contributed by atoms with E-state index < -0.39 is 14.9 Å². The predicted molar refractivity (Wildman–Crippen MR) is 132 cm³/mol. The van der Waals surface area contributed by atoms with Crippen molar-refractivity contribution in [2.75, 3.05) is 6.54 Å². The van der Waals surface area contributed by atoms with Gasteiger partial charge in [0.15, 0.2) is 0 Å². The lowest BCUT2D eigenvalue weighted by Crippen LogP contribution is -2.35. The van der Waals surface area contributed by atoms with Crippen molar-refractivity contribution in [2.45, 2.75) is 148 Å². The summed E-state index contributed by atoms with van der Waals surface area (Å²) in [5, 5.41) is 2.86. The molecule has 0 fully saturated rings. The summed E-state index contributed by atoms with van der Waals surface area (Å²) >= 11 is 0. The molecule has 0 rings (SSSR count). The fourth-order valence-electron chi connectivity index (χ4n) is 3.92. The molecule has 2 N–H and O–H groups in total. The highest BCUT2D eigenvalue weighted by Crippen LogP contribution is 2.25. The maximum atomic E-state index is 11.9. The molecule has 0 aromatic heterocycles. The Morgan fingerprint density at radius 2 is 1.16 bits per heavy atom. The monoisotopic (exact) mass is 461 g/mol. The molecule has 0 spiro atoms. The molecule has 1 atom stereocenters. The third-order valence-electron chi connectivity index (χ3n) is 6.58. The Morgan fingerprint density at radius 1 is 0.742 bits per heavy atom. The van der Waals surface area contributed by atoms with Crippen molar-refractivity contribution in [3.8, 4) is 0 Å². The van der Waals surface area contributed by atoms with E-state index in [-0.39, 0.29) is 5.91 Å². The van der Waals surface area contributed by atoms with E-state index >= 15 is 0 Å². The number of amides is 1. The van der Waals surface area contributed by atoms with Crippen molar-refractivity contribution in [1.82, 2.24) is 5.32 Å². The third-order valence-corrected chi connectivity index (χ3v) is 8.32. The molecule has 0 heterocycles. The molecule has 0 aromatic rings. The van der Waals surface area contributed by atoms with Crippen molar-refractivity contribution in [1.29, 1.82) is 0 Å². The molecular formula is C25H51NO4S. The Hall–Kier alpha value is -0.620. The van der Waals surface area contributed by atoms with E-state index in [1.165, 1.54) is 83.5 Å². The fourth-order valence-corrected chi connectivity index (χ4v) is 4.69. The number of unbranched alkanes of at least 4 members (excludes halogenated alkanes) is 14. The van der Waals surface area contributed by atoms with Crippen molar-refractivity contribution in [3.63, 3.8) is 0 Å². The van der Waals surface area contributed by atoms with E-state index in [4.69, 9.17) is 0 Å². The summed E-state index contributed by atoms with van der Waals surface area (Å²) in [6.07, 6.45) is 21.5. The second kappa shape index (κ2) is 18.9. The molecule has 0 bridgehead atoms. The number of carbonyl (C=O) groups excluding carboxylic acids is 1. The molecule has 0 saturated heterocycles. The summed E-state index contributed by atoms with van der Waals surface area (Å²) in [7, 11) is -4.07. The smallest absolute Gasteiger partial charge is 0.270 e. The van der Waals surface area contributed by atoms with Crippen LogP contribution in [0.25, 0.3) is 0 Å².